The Hall–Kier alpha value is -2.55. The van der Waals surface area contributed by atoms with Crippen LogP contribution in [0.2, 0.25) is 0 Å². The number of hydrogen-bond donors (Lipinski definition) is 1. The van der Waals surface area contributed by atoms with E-state index in [2.05, 4.69) is 59.8 Å². The second-order valence-corrected chi connectivity index (χ2v) is 9.81. The summed E-state index contributed by atoms with van der Waals surface area (Å²) in [5, 5.41) is 9.17. The highest BCUT2D eigenvalue weighted by Gasteiger charge is 2.24. The van der Waals surface area contributed by atoms with E-state index in [0.29, 0.717) is 5.56 Å². The molecule has 3 heteroatoms. The molecule has 0 saturated heterocycles. The maximum atomic E-state index is 11.2. The summed E-state index contributed by atoms with van der Waals surface area (Å²) in [6.45, 7) is 14.1. The zero-order valence-electron chi connectivity index (χ0n) is 21.5. The van der Waals surface area contributed by atoms with Crippen LogP contribution in [0.3, 0.4) is 0 Å². The average Bonchev–Trinajstić information content (AvgIpc) is 2.76. The SMILES string of the molecule is CCCCCCCOc1cc(C)c(C(C)(C)CCC)cc1/C(C)=C/c1ccc(C(=O)O)cc1. The molecule has 0 radical (unpaired) electrons. The maximum absolute atomic E-state index is 11.2. The van der Waals surface area contributed by atoms with Crippen molar-refractivity contribution in [2.45, 2.75) is 91.9 Å². The minimum Gasteiger partial charge on any atom is -0.493 e. The number of carboxylic acids is 1. The lowest BCUT2D eigenvalue weighted by Crippen LogP contribution is -2.19. The van der Waals surface area contributed by atoms with E-state index in [0.717, 1.165) is 48.3 Å². The number of aromatic carboxylic acids is 1. The van der Waals surface area contributed by atoms with Gasteiger partial charge in [-0.15, -0.1) is 0 Å². The Morgan fingerprint density at radius 1 is 1.00 bits per heavy atom. The summed E-state index contributed by atoms with van der Waals surface area (Å²) < 4.78 is 6.32. The van der Waals surface area contributed by atoms with Gasteiger partial charge in [0.2, 0.25) is 0 Å². The smallest absolute Gasteiger partial charge is 0.335 e. The number of unbranched alkanes of at least 4 members (excludes halogenated alkanes) is 4. The third-order valence-electron chi connectivity index (χ3n) is 6.40. The van der Waals surface area contributed by atoms with E-state index in [1.165, 1.54) is 36.8 Å². The lowest BCUT2D eigenvalue weighted by Gasteiger charge is -2.28. The molecule has 0 unspecified atom stereocenters. The normalized spacial score (nSPS) is 12.1. The Morgan fingerprint density at radius 2 is 1.67 bits per heavy atom. The Bertz CT molecular complexity index is 936. The summed E-state index contributed by atoms with van der Waals surface area (Å²) in [6.07, 6.45) is 10.5. The summed E-state index contributed by atoms with van der Waals surface area (Å²) in [5.74, 6) is 0.0353. The molecule has 0 aromatic heterocycles. The monoisotopic (exact) mass is 450 g/mol. The van der Waals surface area contributed by atoms with Crippen LogP contribution >= 0.6 is 0 Å². The topological polar surface area (TPSA) is 46.5 Å². The number of hydrogen-bond acceptors (Lipinski definition) is 2. The molecule has 180 valence electrons. The first-order valence-electron chi connectivity index (χ1n) is 12.5. The molecule has 0 heterocycles. The molecular weight excluding hydrogens is 408 g/mol. The minimum absolute atomic E-state index is 0.0929. The van der Waals surface area contributed by atoms with Crippen molar-refractivity contribution in [1.29, 1.82) is 0 Å². The van der Waals surface area contributed by atoms with Crippen molar-refractivity contribution in [3.63, 3.8) is 0 Å². The molecule has 3 nitrogen and oxygen atoms in total. The number of allylic oxidation sites excluding steroid dienone is 1. The number of ether oxygens (including phenoxy) is 1. The molecule has 0 saturated carbocycles. The van der Waals surface area contributed by atoms with Crippen LogP contribution in [-0.4, -0.2) is 17.7 Å². The molecule has 0 spiro atoms. The van der Waals surface area contributed by atoms with E-state index in [4.69, 9.17) is 9.84 Å². The zero-order chi connectivity index (χ0) is 24.4. The van der Waals surface area contributed by atoms with Crippen molar-refractivity contribution in [3.05, 3.63) is 64.2 Å². The third kappa shape index (κ3) is 7.77. The molecule has 0 aliphatic rings. The van der Waals surface area contributed by atoms with Gasteiger partial charge in [-0.2, -0.15) is 0 Å². The summed E-state index contributed by atoms with van der Waals surface area (Å²) in [6, 6.07) is 11.5. The van der Waals surface area contributed by atoms with Gasteiger partial charge in [-0.3, -0.25) is 0 Å². The Labute approximate surface area is 200 Å². The number of carbonyl (C=O) groups is 1. The summed E-state index contributed by atoms with van der Waals surface area (Å²) >= 11 is 0. The summed E-state index contributed by atoms with van der Waals surface area (Å²) in [7, 11) is 0. The quantitative estimate of drug-likeness (QED) is 0.245. The van der Waals surface area contributed by atoms with Crippen molar-refractivity contribution >= 4 is 17.6 Å². The fourth-order valence-corrected chi connectivity index (χ4v) is 4.54. The number of carboxylic acid groups (broad SMARTS) is 1. The van der Waals surface area contributed by atoms with E-state index >= 15 is 0 Å². The first-order chi connectivity index (χ1) is 15.7. The van der Waals surface area contributed by atoms with E-state index < -0.39 is 5.97 Å². The van der Waals surface area contributed by atoms with Gasteiger partial charge in [0.15, 0.2) is 0 Å². The van der Waals surface area contributed by atoms with Crippen LogP contribution in [-0.2, 0) is 5.41 Å². The fourth-order valence-electron chi connectivity index (χ4n) is 4.54. The van der Waals surface area contributed by atoms with Gasteiger partial charge in [-0.25, -0.2) is 4.79 Å². The van der Waals surface area contributed by atoms with Gasteiger partial charge in [0, 0.05) is 5.56 Å². The Balaban J connectivity index is 2.38. The second kappa shape index (κ2) is 12.6. The molecule has 33 heavy (non-hydrogen) atoms. The summed E-state index contributed by atoms with van der Waals surface area (Å²) in [5.41, 5.74) is 6.26. The molecule has 0 bridgehead atoms. The van der Waals surface area contributed by atoms with Crippen LogP contribution in [0.15, 0.2) is 36.4 Å². The lowest BCUT2D eigenvalue weighted by atomic mass is 9.77. The van der Waals surface area contributed by atoms with Gasteiger partial charge in [0.25, 0.3) is 0 Å². The van der Waals surface area contributed by atoms with E-state index in [1.54, 1.807) is 12.1 Å². The van der Waals surface area contributed by atoms with Gasteiger partial charge in [0.05, 0.1) is 12.2 Å². The Morgan fingerprint density at radius 3 is 2.27 bits per heavy atom. The largest absolute Gasteiger partial charge is 0.493 e. The number of aryl methyl sites for hydroxylation is 1. The van der Waals surface area contributed by atoms with E-state index in [1.807, 2.05) is 12.1 Å². The van der Waals surface area contributed by atoms with Crippen molar-refractivity contribution in [2.75, 3.05) is 6.61 Å². The Kier molecular flexibility index (Phi) is 10.2. The molecule has 0 aliphatic carbocycles. The predicted octanol–water partition coefficient (Wildman–Crippen LogP) is 8.68. The molecule has 2 aromatic rings. The van der Waals surface area contributed by atoms with Crippen LogP contribution in [0, 0.1) is 6.92 Å². The van der Waals surface area contributed by atoms with Crippen molar-refractivity contribution in [3.8, 4) is 5.75 Å². The van der Waals surface area contributed by atoms with Crippen LogP contribution < -0.4 is 4.74 Å². The van der Waals surface area contributed by atoms with Crippen molar-refractivity contribution in [1.82, 2.24) is 0 Å². The molecule has 2 rings (SSSR count). The maximum Gasteiger partial charge on any atom is 0.335 e. The standard InChI is InChI=1S/C30H42O3/c1-7-9-10-11-12-18-33-28-20-23(4)27(30(5,6)17-8-2)21-26(28)22(3)19-24-13-15-25(16-14-24)29(31)32/h13-16,19-21H,7-12,17-18H2,1-6H3,(H,31,32)/b22-19+. The molecule has 2 aromatic carbocycles. The molecular formula is C30H42O3. The van der Waals surface area contributed by atoms with Crippen LogP contribution in [0.4, 0.5) is 0 Å². The van der Waals surface area contributed by atoms with Crippen LogP contribution in [0.5, 0.6) is 5.75 Å². The van der Waals surface area contributed by atoms with Gasteiger partial charge < -0.3 is 9.84 Å². The van der Waals surface area contributed by atoms with Gasteiger partial charge >= 0.3 is 5.97 Å². The minimum atomic E-state index is -0.904. The first-order valence-corrected chi connectivity index (χ1v) is 12.5. The zero-order valence-corrected chi connectivity index (χ0v) is 21.5. The molecule has 1 N–H and O–H groups in total. The molecule has 0 atom stereocenters. The number of rotatable bonds is 13. The van der Waals surface area contributed by atoms with E-state index in [-0.39, 0.29) is 5.41 Å². The van der Waals surface area contributed by atoms with Gasteiger partial charge in [-0.1, -0.05) is 78.0 Å². The third-order valence-corrected chi connectivity index (χ3v) is 6.40. The highest BCUT2D eigenvalue weighted by molar-refractivity contribution is 5.89. The van der Waals surface area contributed by atoms with Crippen molar-refractivity contribution in [2.24, 2.45) is 0 Å². The predicted molar refractivity (Wildman–Crippen MR) is 140 cm³/mol. The average molecular weight is 451 g/mol. The molecule has 0 fully saturated rings. The molecule has 0 aliphatic heterocycles. The van der Waals surface area contributed by atoms with E-state index in [9.17, 15) is 4.79 Å². The second-order valence-electron chi connectivity index (χ2n) is 9.81. The highest BCUT2D eigenvalue weighted by Crippen LogP contribution is 2.38. The summed E-state index contributed by atoms with van der Waals surface area (Å²) in [4.78, 5) is 11.2. The van der Waals surface area contributed by atoms with Crippen molar-refractivity contribution < 1.29 is 14.6 Å². The fraction of sp³-hybridized carbons (Fsp3) is 0.500. The first kappa shape index (κ1) is 26.7. The van der Waals surface area contributed by atoms with Gasteiger partial charge in [0.1, 0.15) is 5.75 Å². The number of benzene rings is 2. The van der Waals surface area contributed by atoms with Gasteiger partial charge in [-0.05, 0) is 78.6 Å². The highest BCUT2D eigenvalue weighted by atomic mass is 16.5. The lowest BCUT2D eigenvalue weighted by molar-refractivity contribution is 0.0697. The molecule has 0 amide bonds. The van der Waals surface area contributed by atoms with Crippen LogP contribution in [0.25, 0.3) is 11.6 Å². The van der Waals surface area contributed by atoms with Crippen LogP contribution in [0.1, 0.15) is 112 Å².